The minimum Gasteiger partial charge on any atom is -0.493 e. The van der Waals surface area contributed by atoms with E-state index in [2.05, 4.69) is 10.3 Å². The lowest BCUT2D eigenvalue weighted by molar-refractivity contribution is -0.111. The topological polar surface area (TPSA) is 78.9 Å². The van der Waals surface area contributed by atoms with Crippen LogP contribution in [0.3, 0.4) is 0 Å². The van der Waals surface area contributed by atoms with E-state index in [1.54, 1.807) is 43.8 Å². The second-order valence-corrected chi connectivity index (χ2v) is 7.90. The normalized spacial score (nSPS) is 14.4. The summed E-state index contributed by atoms with van der Waals surface area (Å²) < 4.78 is 22.9. The largest absolute Gasteiger partial charge is 0.493 e. The number of amides is 1. The quantitative estimate of drug-likeness (QED) is 0.451. The SMILES string of the molecule is CCOc1cc2c(cc1/C=C/C(=O)Nc1ccc(OC)c(OCc3ccncc3)c1)OC(C)C2. The van der Waals surface area contributed by atoms with E-state index >= 15 is 0 Å². The molecule has 0 aliphatic carbocycles. The molecule has 1 N–H and O–H groups in total. The number of fused-ring (bicyclic) bond motifs is 1. The molecule has 2 aromatic carbocycles. The third-order valence-corrected chi connectivity index (χ3v) is 5.32. The van der Waals surface area contributed by atoms with Gasteiger partial charge in [0.05, 0.1) is 13.7 Å². The highest BCUT2D eigenvalue weighted by atomic mass is 16.5. The van der Waals surface area contributed by atoms with Crippen LogP contribution in [0, 0.1) is 0 Å². The Morgan fingerprint density at radius 3 is 2.71 bits per heavy atom. The maximum absolute atomic E-state index is 12.6. The first-order chi connectivity index (χ1) is 16.6. The molecule has 0 bridgehead atoms. The minimum absolute atomic E-state index is 0.136. The van der Waals surface area contributed by atoms with Gasteiger partial charge in [-0.2, -0.15) is 0 Å². The van der Waals surface area contributed by atoms with Gasteiger partial charge in [-0.3, -0.25) is 9.78 Å². The van der Waals surface area contributed by atoms with Gasteiger partial charge in [0.25, 0.3) is 0 Å². The lowest BCUT2D eigenvalue weighted by Gasteiger charge is -2.13. The van der Waals surface area contributed by atoms with Crippen LogP contribution in [0.1, 0.15) is 30.5 Å². The first-order valence-electron chi connectivity index (χ1n) is 11.2. The smallest absolute Gasteiger partial charge is 0.248 e. The summed E-state index contributed by atoms with van der Waals surface area (Å²) in [6, 6.07) is 12.9. The number of rotatable bonds is 9. The number of aromatic nitrogens is 1. The summed E-state index contributed by atoms with van der Waals surface area (Å²) in [5.74, 6) is 2.41. The summed E-state index contributed by atoms with van der Waals surface area (Å²) >= 11 is 0. The zero-order valence-electron chi connectivity index (χ0n) is 19.5. The molecule has 0 saturated heterocycles. The second kappa shape index (κ2) is 10.7. The number of nitrogens with zero attached hydrogens (tertiary/aromatic N) is 1. The number of ether oxygens (including phenoxy) is 4. The number of nitrogens with one attached hydrogen (secondary N) is 1. The van der Waals surface area contributed by atoms with Gasteiger partial charge in [0.2, 0.25) is 5.91 Å². The highest BCUT2D eigenvalue weighted by molar-refractivity contribution is 6.02. The molecule has 0 saturated carbocycles. The fourth-order valence-corrected chi connectivity index (χ4v) is 3.72. The molecule has 7 nitrogen and oxygen atoms in total. The number of carbonyl (C=O) groups is 1. The third kappa shape index (κ3) is 5.67. The monoisotopic (exact) mass is 460 g/mol. The van der Waals surface area contributed by atoms with E-state index in [0.29, 0.717) is 30.4 Å². The van der Waals surface area contributed by atoms with Crippen molar-refractivity contribution >= 4 is 17.7 Å². The highest BCUT2D eigenvalue weighted by Gasteiger charge is 2.21. The standard InChI is InChI=1S/C27H28N2O5/c1-4-32-24-15-21-13-18(2)34-25(21)14-20(24)5-8-27(30)29-22-6-7-23(31-3)26(16-22)33-17-19-9-11-28-12-10-19/h5-12,14-16,18H,4,13,17H2,1-3H3,(H,29,30)/b8-5+. The van der Waals surface area contributed by atoms with Crippen LogP contribution in [0.5, 0.6) is 23.0 Å². The van der Waals surface area contributed by atoms with E-state index in [1.165, 1.54) is 6.08 Å². The Morgan fingerprint density at radius 2 is 1.94 bits per heavy atom. The number of hydrogen-bond acceptors (Lipinski definition) is 6. The number of anilines is 1. The number of carbonyl (C=O) groups excluding carboxylic acids is 1. The van der Waals surface area contributed by atoms with Gasteiger partial charge in [0.1, 0.15) is 24.2 Å². The maximum atomic E-state index is 12.6. The molecule has 1 aromatic heterocycles. The molecule has 1 aliphatic rings. The van der Waals surface area contributed by atoms with Crippen molar-refractivity contribution in [2.24, 2.45) is 0 Å². The molecule has 4 rings (SSSR count). The van der Waals surface area contributed by atoms with Crippen LogP contribution in [0.15, 0.2) is 60.9 Å². The zero-order valence-corrected chi connectivity index (χ0v) is 19.5. The van der Waals surface area contributed by atoms with Gasteiger partial charge in [-0.25, -0.2) is 0 Å². The molecule has 176 valence electrons. The summed E-state index contributed by atoms with van der Waals surface area (Å²) in [5, 5.41) is 2.87. The molecule has 0 spiro atoms. The Morgan fingerprint density at radius 1 is 1.12 bits per heavy atom. The summed E-state index contributed by atoms with van der Waals surface area (Å²) in [6.07, 6.45) is 7.62. The van der Waals surface area contributed by atoms with Crippen molar-refractivity contribution < 1.29 is 23.7 Å². The average Bonchev–Trinajstić information content (AvgIpc) is 3.21. The number of hydrogen-bond donors (Lipinski definition) is 1. The average molecular weight is 461 g/mol. The van der Waals surface area contributed by atoms with Crippen molar-refractivity contribution in [3.8, 4) is 23.0 Å². The lowest BCUT2D eigenvalue weighted by atomic mass is 10.1. The van der Waals surface area contributed by atoms with Crippen molar-refractivity contribution in [2.45, 2.75) is 33.0 Å². The number of benzene rings is 2. The van der Waals surface area contributed by atoms with Crippen LogP contribution < -0.4 is 24.3 Å². The third-order valence-electron chi connectivity index (χ3n) is 5.32. The van der Waals surface area contributed by atoms with Crippen LogP contribution in [0.2, 0.25) is 0 Å². The maximum Gasteiger partial charge on any atom is 0.248 e. The van der Waals surface area contributed by atoms with Gasteiger partial charge in [-0.1, -0.05) is 0 Å². The van der Waals surface area contributed by atoms with Crippen molar-refractivity contribution in [3.63, 3.8) is 0 Å². The Kier molecular flexibility index (Phi) is 7.32. The first kappa shape index (κ1) is 23.2. The molecule has 7 heteroatoms. The van der Waals surface area contributed by atoms with Crippen LogP contribution >= 0.6 is 0 Å². The van der Waals surface area contributed by atoms with Gasteiger partial charge in [0, 0.05) is 47.8 Å². The summed E-state index contributed by atoms with van der Waals surface area (Å²) in [5.41, 5.74) is 3.49. The van der Waals surface area contributed by atoms with Crippen LogP contribution in [0.4, 0.5) is 5.69 Å². The van der Waals surface area contributed by atoms with Gasteiger partial charge < -0.3 is 24.3 Å². The Balaban J connectivity index is 1.46. The van der Waals surface area contributed by atoms with E-state index in [1.807, 2.05) is 38.1 Å². The minimum atomic E-state index is -0.275. The van der Waals surface area contributed by atoms with Crippen molar-refractivity contribution in [1.82, 2.24) is 4.98 Å². The zero-order chi connectivity index (χ0) is 23.9. The van der Waals surface area contributed by atoms with E-state index in [9.17, 15) is 4.79 Å². The first-order valence-corrected chi connectivity index (χ1v) is 11.2. The molecule has 1 aliphatic heterocycles. The second-order valence-electron chi connectivity index (χ2n) is 7.90. The molecule has 34 heavy (non-hydrogen) atoms. The molecule has 0 fully saturated rings. The van der Waals surface area contributed by atoms with Crippen LogP contribution in [-0.4, -0.2) is 30.7 Å². The fraction of sp³-hybridized carbons (Fsp3) is 0.259. The van der Waals surface area contributed by atoms with Gasteiger partial charge in [-0.05, 0) is 61.9 Å². The molecular weight excluding hydrogens is 432 g/mol. The van der Waals surface area contributed by atoms with Gasteiger partial charge >= 0.3 is 0 Å². The predicted octanol–water partition coefficient (Wildman–Crippen LogP) is 5.04. The van der Waals surface area contributed by atoms with E-state index in [-0.39, 0.29) is 12.0 Å². The Bertz CT molecular complexity index is 1180. The highest BCUT2D eigenvalue weighted by Crippen LogP contribution is 2.36. The number of pyridine rings is 1. The predicted molar refractivity (Wildman–Crippen MR) is 131 cm³/mol. The van der Waals surface area contributed by atoms with E-state index < -0.39 is 0 Å². The molecule has 1 atom stereocenters. The molecular formula is C27H28N2O5. The van der Waals surface area contributed by atoms with Gasteiger partial charge in [-0.15, -0.1) is 0 Å². The summed E-state index contributed by atoms with van der Waals surface area (Å²) in [4.78, 5) is 16.6. The van der Waals surface area contributed by atoms with Crippen molar-refractivity contribution in [1.29, 1.82) is 0 Å². The van der Waals surface area contributed by atoms with E-state index in [4.69, 9.17) is 18.9 Å². The van der Waals surface area contributed by atoms with Gasteiger partial charge in [0.15, 0.2) is 11.5 Å². The molecule has 2 heterocycles. The fourth-order valence-electron chi connectivity index (χ4n) is 3.72. The Hall–Kier alpha value is -4.00. The molecule has 3 aromatic rings. The Labute approximate surface area is 199 Å². The summed E-state index contributed by atoms with van der Waals surface area (Å²) in [6.45, 7) is 4.86. The molecule has 1 unspecified atom stereocenters. The van der Waals surface area contributed by atoms with Crippen LogP contribution in [0.25, 0.3) is 6.08 Å². The van der Waals surface area contributed by atoms with Crippen molar-refractivity contribution in [2.75, 3.05) is 19.0 Å². The van der Waals surface area contributed by atoms with Crippen molar-refractivity contribution in [3.05, 3.63) is 77.6 Å². The number of methoxy groups -OCH3 is 1. The van der Waals surface area contributed by atoms with Crippen LogP contribution in [-0.2, 0) is 17.8 Å². The lowest BCUT2D eigenvalue weighted by Crippen LogP contribution is -2.08. The summed E-state index contributed by atoms with van der Waals surface area (Å²) in [7, 11) is 1.58. The molecule has 0 radical (unpaired) electrons. The van der Waals surface area contributed by atoms with E-state index in [0.717, 1.165) is 34.6 Å². The molecule has 1 amide bonds.